The van der Waals surface area contributed by atoms with E-state index >= 15 is 9.59 Å². The fourth-order valence-corrected chi connectivity index (χ4v) is 14.4. The van der Waals surface area contributed by atoms with E-state index in [1.165, 1.54) is 39.1 Å². The third-order valence-electron chi connectivity index (χ3n) is 20.1. The Labute approximate surface area is 704 Å². The molecule has 658 valence electrons. The summed E-state index contributed by atoms with van der Waals surface area (Å²) in [5.41, 5.74) is 24.5. The van der Waals surface area contributed by atoms with Crippen LogP contribution in [0.3, 0.4) is 0 Å². The number of esters is 1. The number of ether oxygens (including phenoxy) is 9. The highest BCUT2D eigenvalue weighted by Crippen LogP contribution is 2.50. The fraction of sp³-hybridized carbons (Fsp3) is 0.418. The lowest BCUT2D eigenvalue weighted by atomic mass is 9.86. The van der Waals surface area contributed by atoms with Crippen LogP contribution in [0.4, 0.5) is 5.69 Å². The quantitative estimate of drug-likeness (QED) is 0.0120. The van der Waals surface area contributed by atoms with Crippen molar-refractivity contribution in [3.63, 3.8) is 0 Å². The molecule has 0 radical (unpaired) electrons. The van der Waals surface area contributed by atoms with Crippen LogP contribution in [0, 0.1) is 5.92 Å². The monoisotopic (exact) mass is 1740 g/mol. The molecular formula is C79H94Cl2N12O29. The molecule has 0 saturated carbocycles. The normalized spacial score (nSPS) is 25.3. The number of aliphatic hydroxyl groups is 6. The number of likely N-dealkylation sites (N-methyl/N-ethyl adjacent to an activating group) is 1. The minimum absolute atomic E-state index is 0.119. The van der Waals surface area contributed by atoms with E-state index in [4.69, 9.17) is 94.5 Å². The molecular weight excluding hydrogens is 1650 g/mol. The van der Waals surface area contributed by atoms with Crippen LogP contribution < -0.4 is 84.8 Å². The second kappa shape index (κ2) is 40.0. The number of fused-ring (bicyclic) bond motifs is 16. The van der Waals surface area contributed by atoms with Crippen molar-refractivity contribution in [1.29, 1.82) is 0 Å². The molecule has 41 nitrogen and oxygen atoms in total. The zero-order valence-corrected chi connectivity index (χ0v) is 67.4. The van der Waals surface area contributed by atoms with Gasteiger partial charge in [-0.15, -0.1) is 0 Å². The summed E-state index contributed by atoms with van der Waals surface area (Å²) in [5, 5.41) is 132. The molecule has 2 saturated heterocycles. The van der Waals surface area contributed by atoms with Crippen LogP contribution in [0.1, 0.15) is 122 Å². The molecule has 0 spiro atoms. The van der Waals surface area contributed by atoms with Crippen LogP contribution in [0.25, 0.3) is 11.1 Å². The van der Waals surface area contributed by atoms with Gasteiger partial charge in [-0.1, -0.05) is 55.2 Å². The first kappa shape index (κ1) is 92.8. The maximum absolute atomic E-state index is 16.0. The maximum atomic E-state index is 16.0. The number of hydrogen-bond acceptors (Lipinski definition) is 32. The van der Waals surface area contributed by atoms with Crippen LogP contribution in [0.15, 0.2) is 91.0 Å². The SMILES string of the molecule is CN[C@H](CC(C)C)C(=O)N[C@H]1C(=O)N[C@@H](CC(N)=O)C(=O)N[C@H]2C(=O)N[C@@H](C(N)=O)c3ccc(O)c(c3)-c3c(O)cc(O)cc3[C@H](C(=O)NCCOCCOCC(=O)Oc3ccc(N)c(O)c3C(N)=O)NC(=O)C[C@H](O)c3ccc(c(Cl)c3)Oc3cc2cc(c3OC2O[C@@H](CO)[C@@H](O)[C@H](O)[C@@H]2O[C@@H]2C[C@](C)(N)[C@H](O)[C@@H](C)O2)Oc2ccc(cc2Cl)[C@H]1O. The largest absolute Gasteiger partial charge is 0.508 e. The molecule has 27 N–H and O–H groups in total. The van der Waals surface area contributed by atoms with Gasteiger partial charge in [0.2, 0.25) is 59.3 Å². The summed E-state index contributed by atoms with van der Waals surface area (Å²) in [6, 6.07) is 4.04. The van der Waals surface area contributed by atoms with Crippen LogP contribution in [-0.2, 0) is 66.8 Å². The van der Waals surface area contributed by atoms with E-state index in [-0.39, 0.29) is 73.3 Å². The molecule has 6 aliphatic heterocycles. The van der Waals surface area contributed by atoms with Gasteiger partial charge in [0.25, 0.3) is 5.91 Å². The van der Waals surface area contributed by atoms with Gasteiger partial charge < -0.3 is 160 Å². The Morgan fingerprint density at radius 2 is 1.37 bits per heavy atom. The second-order valence-electron chi connectivity index (χ2n) is 29.8. The number of rotatable bonds is 24. The number of benzene rings is 6. The Hall–Kier alpha value is -11.5. The summed E-state index contributed by atoms with van der Waals surface area (Å²) in [5.74, 6) is -18.6. The molecule has 43 heteroatoms. The number of carbonyl (C=O) groups excluding carboxylic acids is 10. The van der Waals surface area contributed by atoms with Gasteiger partial charge >= 0.3 is 5.97 Å². The zero-order chi connectivity index (χ0) is 89.2. The van der Waals surface area contributed by atoms with E-state index in [0.29, 0.717) is 0 Å². The van der Waals surface area contributed by atoms with Gasteiger partial charge in [0.05, 0.1) is 79.4 Å². The van der Waals surface area contributed by atoms with Crippen molar-refractivity contribution in [2.45, 2.75) is 157 Å². The molecule has 6 aliphatic rings. The molecule has 9 bridgehead atoms. The Kier molecular flexibility index (Phi) is 30.4. The summed E-state index contributed by atoms with van der Waals surface area (Å²) in [6.45, 7) is 3.67. The topological polar surface area (TPSA) is 670 Å². The van der Waals surface area contributed by atoms with E-state index in [2.05, 4.69) is 37.2 Å². The number of aromatic hydroxyl groups is 4. The third kappa shape index (κ3) is 22.0. The van der Waals surface area contributed by atoms with Crippen molar-refractivity contribution in [1.82, 2.24) is 37.2 Å². The number of aliphatic hydroxyl groups excluding tert-OH is 6. The first-order chi connectivity index (χ1) is 57.7. The van der Waals surface area contributed by atoms with Gasteiger partial charge in [-0.05, 0) is 128 Å². The fourth-order valence-electron chi connectivity index (χ4n) is 13.9. The van der Waals surface area contributed by atoms with Crippen molar-refractivity contribution in [3.8, 4) is 68.6 Å². The second-order valence-corrected chi connectivity index (χ2v) is 30.6. The number of nitrogens with one attached hydrogen (secondary N) is 7. The number of phenols is 4. The van der Waals surface area contributed by atoms with Crippen LogP contribution in [0.5, 0.6) is 57.5 Å². The number of hydrogen-bond donors (Lipinski definition) is 22. The summed E-state index contributed by atoms with van der Waals surface area (Å²) in [6.07, 6.45) is -19.5. The summed E-state index contributed by atoms with van der Waals surface area (Å²) in [4.78, 5) is 142. The lowest BCUT2D eigenvalue weighted by molar-refractivity contribution is -0.333. The van der Waals surface area contributed by atoms with E-state index < -0.39 is 278 Å². The van der Waals surface area contributed by atoms with Gasteiger partial charge in [-0.2, -0.15) is 0 Å². The number of amides is 9. The third-order valence-corrected chi connectivity index (χ3v) is 20.7. The first-order valence-corrected chi connectivity index (χ1v) is 38.7. The molecule has 122 heavy (non-hydrogen) atoms. The van der Waals surface area contributed by atoms with Crippen molar-refractivity contribution >= 4 is 88.0 Å². The van der Waals surface area contributed by atoms with E-state index in [1.54, 1.807) is 0 Å². The molecule has 6 aromatic rings. The average Bonchev–Trinajstić information content (AvgIpc) is 0.767. The first-order valence-electron chi connectivity index (χ1n) is 37.9. The van der Waals surface area contributed by atoms with E-state index in [1.807, 2.05) is 13.8 Å². The van der Waals surface area contributed by atoms with Crippen LogP contribution in [0.2, 0.25) is 10.0 Å². The molecule has 6 aromatic carbocycles. The predicted octanol–water partition coefficient (Wildman–Crippen LogP) is -0.460. The summed E-state index contributed by atoms with van der Waals surface area (Å²) >= 11 is 14.2. The predicted molar refractivity (Wildman–Crippen MR) is 425 cm³/mol. The Bertz CT molecular complexity index is 4950. The highest BCUT2D eigenvalue weighted by molar-refractivity contribution is 6.32. The summed E-state index contributed by atoms with van der Waals surface area (Å²) < 4.78 is 54.5. The van der Waals surface area contributed by atoms with Gasteiger partial charge in [0, 0.05) is 35.7 Å². The van der Waals surface area contributed by atoms with Gasteiger partial charge in [-0.25, -0.2) is 4.79 Å². The molecule has 17 atom stereocenters. The number of carbonyl (C=O) groups is 10. The number of phenolic OH excluding ortho intramolecular Hbond substituents is 3. The minimum Gasteiger partial charge on any atom is -0.508 e. The van der Waals surface area contributed by atoms with E-state index in [0.717, 1.165) is 72.8 Å². The number of halogens is 2. The molecule has 9 amide bonds. The van der Waals surface area contributed by atoms with Crippen LogP contribution >= 0.6 is 23.2 Å². The smallest absolute Gasteiger partial charge is 0.337 e. The van der Waals surface area contributed by atoms with Gasteiger partial charge in [0.1, 0.15) is 101 Å². The molecule has 6 heterocycles. The maximum Gasteiger partial charge on any atom is 0.337 e. The molecule has 1 unspecified atom stereocenters. The Balaban J connectivity index is 1.11. The number of nitrogens with two attached hydrogens (primary N) is 5. The number of primary amides is 3. The molecule has 2 fully saturated rings. The van der Waals surface area contributed by atoms with Gasteiger partial charge in [0.15, 0.2) is 29.6 Å². The standard InChI is InChI=1S/C79H94Cl2N12O29/c1-31(2)18-43(87-5)73(109)93-63-64(102)35-8-12-49(41(81)21-35)118-52-23-36-22-51(68(52)122-78-69(67(105)66(104)53(29-94)120-78)121-57-28-79(4,86)70(106)32(3)116-57)117-48-11-7-33(20-40(48)80)46(97)27-55(100)90-62(75(111)88-14-15-114-16-17-115-30-56(101)119-50-13-9-42(82)65(103)59(50)71(84)107)39-24-37(95)25-47(98)58(39)38-19-34(6-10-45(38)96)60(72(85)108)91-76(112)61(36)92-74(110)44(26-54(83)99)89-77(63)113/h6-13,19-25,31-32,43-44,46,53,57,60-64,66-67,69-70,78,87,94-98,102-106H,14-18,26-30,82,86H2,1-5H3,(H2,83,99)(H2,84,107)(H2,85,108)(H,88,111)(H,89,113)(H,90,100)(H,91,112)(H,92,110)(H,93,109)/t32-,43-,44+,46+,53+,57-,60-,61-,62-,63-,64-,66-,67+,69+,70-,78?,79+/m1/s1. The Morgan fingerprint density at radius 3 is 1.99 bits per heavy atom. The Morgan fingerprint density at radius 1 is 0.713 bits per heavy atom. The lowest BCUT2D eigenvalue weighted by Crippen LogP contribution is -2.64. The van der Waals surface area contributed by atoms with Crippen molar-refractivity contribution in [2.75, 3.05) is 52.4 Å². The lowest BCUT2D eigenvalue weighted by Gasteiger charge is -2.47. The molecule has 12 rings (SSSR count). The van der Waals surface area contributed by atoms with Crippen LogP contribution in [-0.4, -0.2) is 230 Å². The molecule has 0 aliphatic carbocycles. The van der Waals surface area contributed by atoms with Gasteiger partial charge in [-0.3, -0.25) is 43.2 Å². The number of nitrogen functional groups attached to an aromatic ring is 1. The highest BCUT2D eigenvalue weighted by Gasteiger charge is 2.51. The zero-order valence-electron chi connectivity index (χ0n) is 65.9. The number of anilines is 1. The van der Waals surface area contributed by atoms with Crippen molar-refractivity contribution in [3.05, 3.63) is 134 Å². The van der Waals surface area contributed by atoms with E-state index in [9.17, 15) is 89.4 Å². The highest BCUT2D eigenvalue weighted by atomic mass is 35.5. The van der Waals surface area contributed by atoms with Crippen molar-refractivity contribution in [2.24, 2.45) is 28.9 Å². The summed E-state index contributed by atoms with van der Waals surface area (Å²) in [7, 11) is 1.46. The molecule has 0 aromatic heterocycles. The minimum atomic E-state index is -2.37. The van der Waals surface area contributed by atoms with Crippen molar-refractivity contribution < 1.29 is 142 Å². The average molecular weight is 1750 g/mol.